The van der Waals surface area contributed by atoms with Crippen LogP contribution in [0.25, 0.3) is 0 Å². The van der Waals surface area contributed by atoms with Crippen LogP contribution in [0.5, 0.6) is 0 Å². The number of carbonyl (C=O) groups is 1. The number of benzene rings is 1. The summed E-state index contributed by atoms with van der Waals surface area (Å²) in [5, 5.41) is 18.8. The number of carboxylic acid groups (broad SMARTS) is 1. The number of allylic oxidation sites excluding steroid dienone is 6. The van der Waals surface area contributed by atoms with Crippen molar-refractivity contribution in [3.8, 4) is 6.07 Å². The second-order valence-corrected chi connectivity index (χ2v) is 8.22. The smallest absolute Gasteiger partial charge is 0.311 e. The molecule has 1 saturated heterocycles. The van der Waals surface area contributed by atoms with Gasteiger partial charge >= 0.3 is 5.97 Å². The van der Waals surface area contributed by atoms with Crippen molar-refractivity contribution in [2.45, 2.75) is 25.2 Å². The van der Waals surface area contributed by atoms with Crippen molar-refractivity contribution in [1.82, 2.24) is 4.90 Å². The molecule has 3 aliphatic rings. The van der Waals surface area contributed by atoms with Crippen LogP contribution in [0, 0.1) is 28.6 Å². The number of fused-ring (bicyclic) bond motifs is 2. The highest BCUT2D eigenvalue weighted by atomic mass is 16.4. The lowest BCUT2D eigenvalue weighted by Crippen LogP contribution is -2.43. The largest absolute Gasteiger partial charge is 0.481 e. The van der Waals surface area contributed by atoms with Gasteiger partial charge in [-0.3, -0.25) is 4.79 Å². The zero-order valence-electron chi connectivity index (χ0n) is 16.0. The van der Waals surface area contributed by atoms with Gasteiger partial charge in [0.1, 0.15) is 0 Å². The van der Waals surface area contributed by atoms with Crippen LogP contribution in [0.15, 0.2) is 60.7 Å². The molecule has 0 aromatic heterocycles. The van der Waals surface area contributed by atoms with E-state index in [1.807, 2.05) is 6.07 Å². The molecule has 0 bridgehead atoms. The summed E-state index contributed by atoms with van der Waals surface area (Å²) in [5.74, 6) is -0.254. The number of nitrogens with zero attached hydrogens (tertiary/aromatic N) is 2. The first kappa shape index (κ1) is 18.7. The van der Waals surface area contributed by atoms with E-state index in [-0.39, 0.29) is 5.41 Å². The van der Waals surface area contributed by atoms with E-state index in [2.05, 4.69) is 47.4 Å². The van der Waals surface area contributed by atoms with Gasteiger partial charge in [0, 0.05) is 5.92 Å². The topological polar surface area (TPSA) is 64.3 Å². The summed E-state index contributed by atoms with van der Waals surface area (Å²) < 4.78 is 0. The van der Waals surface area contributed by atoms with Gasteiger partial charge in [-0.2, -0.15) is 5.26 Å². The summed E-state index contributed by atoms with van der Waals surface area (Å²) in [4.78, 5) is 14.2. The van der Waals surface area contributed by atoms with Crippen molar-refractivity contribution in [3.05, 3.63) is 71.8 Å². The van der Waals surface area contributed by atoms with Gasteiger partial charge in [-0.05, 0) is 67.9 Å². The third-order valence-electron chi connectivity index (χ3n) is 6.73. The van der Waals surface area contributed by atoms with Crippen LogP contribution in [-0.2, 0) is 4.79 Å². The molecular weight excluding hydrogens is 348 g/mol. The van der Waals surface area contributed by atoms with Gasteiger partial charge in [-0.25, -0.2) is 0 Å². The fraction of sp³-hybridized carbons (Fsp3) is 0.417. The zero-order valence-corrected chi connectivity index (χ0v) is 16.0. The number of aliphatic carboxylic acids is 1. The van der Waals surface area contributed by atoms with Gasteiger partial charge in [0.2, 0.25) is 0 Å². The molecular formula is C24H26N2O2. The van der Waals surface area contributed by atoms with Gasteiger partial charge in [0.25, 0.3) is 0 Å². The Balaban J connectivity index is 1.36. The molecule has 28 heavy (non-hydrogen) atoms. The second-order valence-electron chi connectivity index (χ2n) is 8.22. The van der Waals surface area contributed by atoms with E-state index in [4.69, 9.17) is 5.26 Å². The van der Waals surface area contributed by atoms with E-state index < -0.39 is 11.9 Å². The van der Waals surface area contributed by atoms with E-state index >= 15 is 0 Å². The van der Waals surface area contributed by atoms with E-state index in [9.17, 15) is 9.90 Å². The van der Waals surface area contributed by atoms with Crippen molar-refractivity contribution in [2.24, 2.45) is 17.3 Å². The van der Waals surface area contributed by atoms with Crippen LogP contribution in [0.2, 0.25) is 0 Å². The quantitative estimate of drug-likeness (QED) is 0.787. The summed E-state index contributed by atoms with van der Waals surface area (Å²) in [5.41, 5.74) is 1.51. The highest BCUT2D eigenvalue weighted by Crippen LogP contribution is 2.50. The molecule has 4 rings (SSSR count). The molecule has 4 heteroatoms. The molecule has 0 radical (unpaired) electrons. The minimum Gasteiger partial charge on any atom is -0.481 e. The Hall–Kier alpha value is -2.64. The van der Waals surface area contributed by atoms with Crippen molar-refractivity contribution in [1.29, 1.82) is 5.26 Å². The molecule has 4 nitrogen and oxygen atoms in total. The maximum Gasteiger partial charge on any atom is 0.311 e. The Kier molecular flexibility index (Phi) is 5.19. The highest BCUT2D eigenvalue weighted by molar-refractivity contribution is 5.76. The summed E-state index contributed by atoms with van der Waals surface area (Å²) in [6.07, 6.45) is 16.6. The molecule has 3 unspecified atom stereocenters. The number of hydrogen-bond acceptors (Lipinski definition) is 3. The van der Waals surface area contributed by atoms with Crippen LogP contribution in [0.3, 0.4) is 0 Å². The molecule has 1 heterocycles. The maximum atomic E-state index is 11.8. The lowest BCUT2D eigenvalue weighted by Gasteiger charge is -2.43. The Morgan fingerprint density at radius 2 is 2.04 bits per heavy atom. The fourth-order valence-electron chi connectivity index (χ4n) is 5.06. The van der Waals surface area contributed by atoms with E-state index in [0.29, 0.717) is 23.8 Å². The number of nitriles is 1. The molecule has 1 spiro atoms. The highest BCUT2D eigenvalue weighted by Gasteiger charge is 2.44. The van der Waals surface area contributed by atoms with Crippen LogP contribution in [0.4, 0.5) is 0 Å². The lowest BCUT2D eigenvalue weighted by molar-refractivity contribution is -0.139. The molecule has 1 fully saturated rings. The summed E-state index contributed by atoms with van der Waals surface area (Å²) in [6, 6.07) is 9.10. The zero-order chi connectivity index (χ0) is 19.6. The number of piperidine rings is 1. The Morgan fingerprint density at radius 1 is 1.25 bits per heavy atom. The van der Waals surface area contributed by atoms with Crippen LogP contribution in [0.1, 0.15) is 36.3 Å². The third kappa shape index (κ3) is 3.55. The molecule has 1 N–H and O–H groups in total. The summed E-state index contributed by atoms with van der Waals surface area (Å²) in [6.45, 7) is 2.79. The van der Waals surface area contributed by atoms with Crippen LogP contribution < -0.4 is 0 Å². The summed E-state index contributed by atoms with van der Waals surface area (Å²) >= 11 is 0. The maximum absolute atomic E-state index is 11.8. The first-order valence-electron chi connectivity index (χ1n) is 10.1. The number of carboxylic acids is 1. The monoisotopic (exact) mass is 374 g/mol. The van der Waals surface area contributed by atoms with Crippen molar-refractivity contribution < 1.29 is 9.90 Å². The average Bonchev–Trinajstić information content (AvgIpc) is 3.08. The van der Waals surface area contributed by atoms with E-state index in [0.717, 1.165) is 38.0 Å². The van der Waals surface area contributed by atoms with Crippen molar-refractivity contribution in [3.63, 3.8) is 0 Å². The van der Waals surface area contributed by atoms with Gasteiger partial charge < -0.3 is 10.0 Å². The lowest BCUT2D eigenvalue weighted by atomic mass is 9.67. The normalized spacial score (nSPS) is 26.1. The summed E-state index contributed by atoms with van der Waals surface area (Å²) in [7, 11) is 0. The number of hydrogen-bond donors (Lipinski definition) is 1. The van der Waals surface area contributed by atoms with Gasteiger partial charge in [-0.1, -0.05) is 48.6 Å². The Labute approximate surface area is 166 Å². The molecule has 144 valence electrons. The second kappa shape index (κ2) is 7.77. The van der Waals surface area contributed by atoms with Crippen molar-refractivity contribution in [2.75, 3.05) is 19.6 Å². The molecule has 1 aromatic rings. The SMILES string of the molecule is N#Cc1cccc(C(CCN2CCC3(C=CC4C=CC=CC43)CC2)C(=O)O)c1. The molecule has 1 aromatic carbocycles. The van der Waals surface area contributed by atoms with Gasteiger partial charge in [-0.15, -0.1) is 0 Å². The number of rotatable bonds is 5. The molecule has 3 atom stereocenters. The minimum absolute atomic E-state index is 0.274. The fourth-order valence-corrected chi connectivity index (χ4v) is 5.06. The van der Waals surface area contributed by atoms with Crippen molar-refractivity contribution >= 4 is 5.97 Å². The molecule has 1 aliphatic heterocycles. The predicted octanol–water partition coefficient (Wildman–Crippen LogP) is 4.13. The van der Waals surface area contributed by atoms with Gasteiger partial charge in [0.15, 0.2) is 0 Å². The van der Waals surface area contributed by atoms with Crippen LogP contribution in [-0.4, -0.2) is 35.6 Å². The third-order valence-corrected chi connectivity index (χ3v) is 6.73. The standard InChI is InChI=1S/C24H26N2O2/c25-17-18-4-3-6-20(16-18)21(23(27)28)9-13-26-14-11-24(12-15-26)10-8-19-5-1-2-7-22(19)24/h1-8,10,16,19,21-22H,9,11-15H2,(H,27,28). The Bertz CT molecular complexity index is 869. The number of likely N-dealkylation sites (tertiary alicyclic amines) is 1. The van der Waals surface area contributed by atoms with Crippen LogP contribution >= 0.6 is 0 Å². The minimum atomic E-state index is -0.815. The van der Waals surface area contributed by atoms with Gasteiger partial charge in [0.05, 0.1) is 17.6 Å². The molecule has 2 aliphatic carbocycles. The van der Waals surface area contributed by atoms with E-state index in [1.54, 1.807) is 18.2 Å². The predicted molar refractivity (Wildman–Crippen MR) is 109 cm³/mol. The molecule has 0 amide bonds. The first-order chi connectivity index (χ1) is 13.6. The Morgan fingerprint density at radius 3 is 2.79 bits per heavy atom. The van der Waals surface area contributed by atoms with E-state index in [1.165, 1.54) is 0 Å². The molecule has 0 saturated carbocycles. The average molecular weight is 374 g/mol. The first-order valence-corrected chi connectivity index (χ1v) is 10.1.